The van der Waals surface area contributed by atoms with Gasteiger partial charge in [-0.25, -0.2) is 13.1 Å². The number of unbranched alkanes of at least 4 members (excludes halogenated alkanes) is 2. The maximum absolute atomic E-state index is 12.0. The Morgan fingerprint density at radius 1 is 1.23 bits per heavy atom. The number of nitrogens with one attached hydrogen (secondary N) is 3. The summed E-state index contributed by atoms with van der Waals surface area (Å²) in [4.78, 5) is 8.05. The van der Waals surface area contributed by atoms with Crippen LogP contribution >= 0.6 is 0 Å². The van der Waals surface area contributed by atoms with Crippen LogP contribution in [0.1, 0.15) is 26.2 Å². The number of nitrogens with zero attached hydrogens (tertiary/aromatic N) is 2. The molecular weight excluding hydrogens is 302 g/mol. The summed E-state index contributed by atoms with van der Waals surface area (Å²) in [5.74, 6) is 0.677. The Balaban J connectivity index is 2.29. The smallest absolute Gasteiger partial charge is 0.242 e. The van der Waals surface area contributed by atoms with E-state index in [-0.39, 0.29) is 11.4 Å². The van der Waals surface area contributed by atoms with Crippen LogP contribution in [0.15, 0.2) is 34.4 Å². The van der Waals surface area contributed by atoms with Gasteiger partial charge in [0, 0.05) is 39.1 Å². The SMILES string of the molecule is CCCCCNC(=NC)NCCNS(=O)(=O)c1cccnc1. The summed E-state index contributed by atoms with van der Waals surface area (Å²) in [7, 11) is -1.81. The van der Waals surface area contributed by atoms with E-state index in [1.165, 1.54) is 31.3 Å². The Labute approximate surface area is 132 Å². The van der Waals surface area contributed by atoms with Crippen LogP contribution in [-0.4, -0.2) is 46.0 Å². The molecule has 7 nitrogen and oxygen atoms in total. The van der Waals surface area contributed by atoms with E-state index in [0.29, 0.717) is 12.5 Å². The number of aromatic nitrogens is 1. The topological polar surface area (TPSA) is 95.5 Å². The first kappa shape index (κ1) is 18.4. The van der Waals surface area contributed by atoms with Gasteiger partial charge < -0.3 is 10.6 Å². The molecule has 0 aliphatic rings. The molecule has 0 amide bonds. The average molecular weight is 327 g/mol. The van der Waals surface area contributed by atoms with Gasteiger partial charge in [0.2, 0.25) is 10.0 Å². The van der Waals surface area contributed by atoms with Gasteiger partial charge in [-0.2, -0.15) is 0 Å². The molecule has 0 aromatic carbocycles. The van der Waals surface area contributed by atoms with Crippen LogP contribution in [0.3, 0.4) is 0 Å². The van der Waals surface area contributed by atoms with E-state index >= 15 is 0 Å². The molecule has 0 saturated heterocycles. The molecular formula is C14H25N5O2S. The molecule has 1 aromatic rings. The molecule has 22 heavy (non-hydrogen) atoms. The number of guanidine groups is 1. The molecule has 1 rings (SSSR count). The fourth-order valence-electron chi connectivity index (χ4n) is 1.76. The van der Waals surface area contributed by atoms with Gasteiger partial charge in [-0.1, -0.05) is 19.8 Å². The molecule has 0 spiro atoms. The Morgan fingerprint density at radius 2 is 2.00 bits per heavy atom. The summed E-state index contributed by atoms with van der Waals surface area (Å²) in [5, 5.41) is 6.25. The van der Waals surface area contributed by atoms with E-state index < -0.39 is 10.0 Å². The first-order valence-corrected chi connectivity index (χ1v) is 8.92. The highest BCUT2D eigenvalue weighted by Gasteiger charge is 2.12. The third-order valence-electron chi connectivity index (χ3n) is 2.95. The van der Waals surface area contributed by atoms with Crippen molar-refractivity contribution in [3.05, 3.63) is 24.5 Å². The quantitative estimate of drug-likeness (QED) is 0.353. The predicted molar refractivity (Wildman–Crippen MR) is 88.3 cm³/mol. The Kier molecular flexibility index (Phi) is 8.46. The maximum atomic E-state index is 12.0. The lowest BCUT2D eigenvalue weighted by Crippen LogP contribution is -2.41. The first-order valence-electron chi connectivity index (χ1n) is 7.44. The largest absolute Gasteiger partial charge is 0.356 e. The Bertz CT molecular complexity index is 546. The van der Waals surface area contributed by atoms with Gasteiger partial charge in [0.25, 0.3) is 0 Å². The summed E-state index contributed by atoms with van der Waals surface area (Å²) in [5.41, 5.74) is 0. The van der Waals surface area contributed by atoms with Crippen LogP contribution in [0.4, 0.5) is 0 Å². The van der Waals surface area contributed by atoms with E-state index in [4.69, 9.17) is 0 Å². The van der Waals surface area contributed by atoms with Gasteiger partial charge in [-0.15, -0.1) is 0 Å². The first-order chi connectivity index (χ1) is 10.6. The van der Waals surface area contributed by atoms with Crippen molar-refractivity contribution in [1.29, 1.82) is 0 Å². The van der Waals surface area contributed by atoms with E-state index in [1.807, 2.05) is 0 Å². The van der Waals surface area contributed by atoms with Crippen molar-refractivity contribution in [3.63, 3.8) is 0 Å². The minimum atomic E-state index is -3.50. The second kappa shape index (κ2) is 10.1. The lowest BCUT2D eigenvalue weighted by molar-refractivity contribution is 0.580. The van der Waals surface area contributed by atoms with E-state index in [9.17, 15) is 8.42 Å². The van der Waals surface area contributed by atoms with Crippen LogP contribution < -0.4 is 15.4 Å². The molecule has 1 heterocycles. The molecule has 3 N–H and O–H groups in total. The van der Waals surface area contributed by atoms with Crippen molar-refractivity contribution in [2.45, 2.75) is 31.1 Å². The normalized spacial score (nSPS) is 12.2. The summed E-state index contributed by atoms with van der Waals surface area (Å²) in [6, 6.07) is 3.10. The highest BCUT2D eigenvalue weighted by atomic mass is 32.2. The number of pyridine rings is 1. The number of hydrogen-bond donors (Lipinski definition) is 3. The zero-order chi connectivity index (χ0) is 16.3. The molecule has 1 aromatic heterocycles. The zero-order valence-corrected chi connectivity index (χ0v) is 14.0. The van der Waals surface area contributed by atoms with Gasteiger partial charge in [0.1, 0.15) is 4.90 Å². The van der Waals surface area contributed by atoms with E-state index in [0.717, 1.165) is 13.0 Å². The van der Waals surface area contributed by atoms with Crippen molar-refractivity contribution in [3.8, 4) is 0 Å². The lowest BCUT2D eigenvalue weighted by atomic mass is 10.2. The van der Waals surface area contributed by atoms with Crippen LogP contribution in [-0.2, 0) is 10.0 Å². The molecule has 0 aliphatic carbocycles. The average Bonchev–Trinajstić information content (AvgIpc) is 2.54. The monoisotopic (exact) mass is 327 g/mol. The van der Waals surface area contributed by atoms with Gasteiger partial charge >= 0.3 is 0 Å². The highest BCUT2D eigenvalue weighted by molar-refractivity contribution is 7.89. The van der Waals surface area contributed by atoms with Crippen molar-refractivity contribution < 1.29 is 8.42 Å². The van der Waals surface area contributed by atoms with Gasteiger partial charge in [-0.05, 0) is 18.6 Å². The van der Waals surface area contributed by atoms with Crippen LogP contribution in [0.2, 0.25) is 0 Å². The second-order valence-corrected chi connectivity index (χ2v) is 6.49. The number of rotatable bonds is 9. The predicted octanol–water partition coefficient (Wildman–Crippen LogP) is 0.715. The summed E-state index contributed by atoms with van der Waals surface area (Å²) < 4.78 is 26.4. The lowest BCUT2D eigenvalue weighted by Gasteiger charge is -2.12. The molecule has 0 radical (unpaired) electrons. The van der Waals surface area contributed by atoms with Crippen LogP contribution in [0.25, 0.3) is 0 Å². The maximum Gasteiger partial charge on any atom is 0.242 e. The zero-order valence-electron chi connectivity index (χ0n) is 13.2. The second-order valence-electron chi connectivity index (χ2n) is 4.72. The van der Waals surface area contributed by atoms with Crippen LogP contribution in [0, 0.1) is 0 Å². The van der Waals surface area contributed by atoms with Gasteiger partial charge in [0.15, 0.2) is 5.96 Å². The molecule has 8 heteroatoms. The van der Waals surface area contributed by atoms with E-state index in [2.05, 4.69) is 32.3 Å². The third kappa shape index (κ3) is 6.86. The molecule has 0 aliphatic heterocycles. The summed E-state index contributed by atoms with van der Waals surface area (Å²) in [6.07, 6.45) is 6.29. The molecule has 0 atom stereocenters. The van der Waals surface area contributed by atoms with Crippen LogP contribution in [0.5, 0.6) is 0 Å². The molecule has 0 bridgehead atoms. The number of sulfonamides is 1. The fourth-order valence-corrected chi connectivity index (χ4v) is 2.75. The molecule has 0 saturated carbocycles. The molecule has 0 fully saturated rings. The molecule has 0 unspecified atom stereocenters. The standard InChI is InChI=1S/C14H25N5O2S/c1-3-4-5-9-17-14(15-2)18-10-11-19-22(20,21)13-7-6-8-16-12-13/h6-8,12,19H,3-5,9-11H2,1-2H3,(H2,15,17,18). The van der Waals surface area contributed by atoms with Gasteiger partial charge in [-0.3, -0.25) is 9.98 Å². The summed E-state index contributed by atoms with van der Waals surface area (Å²) in [6.45, 7) is 3.73. The van der Waals surface area contributed by atoms with Crippen molar-refractivity contribution in [2.75, 3.05) is 26.7 Å². The van der Waals surface area contributed by atoms with Crippen molar-refractivity contribution in [1.82, 2.24) is 20.3 Å². The fraction of sp³-hybridized carbons (Fsp3) is 0.571. The minimum Gasteiger partial charge on any atom is -0.356 e. The number of aliphatic imine (C=N–C) groups is 1. The minimum absolute atomic E-state index is 0.164. The Morgan fingerprint density at radius 3 is 2.64 bits per heavy atom. The van der Waals surface area contributed by atoms with E-state index in [1.54, 1.807) is 13.1 Å². The number of hydrogen-bond acceptors (Lipinski definition) is 4. The highest BCUT2D eigenvalue weighted by Crippen LogP contribution is 2.04. The van der Waals surface area contributed by atoms with Crippen molar-refractivity contribution in [2.24, 2.45) is 4.99 Å². The van der Waals surface area contributed by atoms with Crippen molar-refractivity contribution >= 4 is 16.0 Å². The van der Waals surface area contributed by atoms with Gasteiger partial charge in [0.05, 0.1) is 0 Å². The Hall–Kier alpha value is -1.67. The third-order valence-corrected chi connectivity index (χ3v) is 4.40. The summed E-state index contributed by atoms with van der Waals surface area (Å²) >= 11 is 0. The molecule has 124 valence electrons.